The van der Waals surface area contributed by atoms with Crippen molar-refractivity contribution < 1.29 is 22.4 Å². The maximum atomic E-state index is 14.5. The molecule has 7 nitrogen and oxygen atoms in total. The Labute approximate surface area is 188 Å². The predicted octanol–water partition coefficient (Wildman–Crippen LogP) is 5.38. The molecule has 0 unspecified atom stereocenters. The fourth-order valence-electron chi connectivity index (χ4n) is 3.38. The van der Waals surface area contributed by atoms with Crippen LogP contribution in [-0.2, 0) is 0 Å². The third-order valence-corrected chi connectivity index (χ3v) is 4.92. The maximum absolute atomic E-state index is 14.5. The number of urea groups is 1. The molecule has 11 heteroatoms. The quantitative estimate of drug-likeness (QED) is 0.509. The minimum atomic E-state index is -4.00. The van der Waals surface area contributed by atoms with E-state index in [-0.39, 0.29) is 18.6 Å². The number of aryl methyl sites for hydroxylation is 1. The SMILES string of the molecule is CC(F)(F)F.CNc1ncc2cc(-c3cc(NC(=O)N4CCCC4)c(F)cc3C)cnc2n1. The lowest BCUT2D eigenvalue weighted by Crippen LogP contribution is -2.32. The molecule has 2 N–H and O–H groups in total. The normalized spacial score (nSPS) is 13.5. The number of carbonyl (C=O) groups excluding carboxylic acids is 1. The molecule has 1 aliphatic rings. The highest BCUT2D eigenvalue weighted by atomic mass is 19.4. The second-order valence-corrected chi connectivity index (χ2v) is 7.63. The number of carbonyl (C=O) groups is 1. The van der Waals surface area contributed by atoms with Gasteiger partial charge in [-0.05, 0) is 49.1 Å². The monoisotopic (exact) mass is 464 g/mol. The summed E-state index contributed by atoms with van der Waals surface area (Å²) in [6.45, 7) is 3.42. The number of hydrogen-bond acceptors (Lipinski definition) is 5. The molecule has 0 saturated carbocycles. The van der Waals surface area contributed by atoms with Crippen molar-refractivity contribution in [1.82, 2.24) is 19.9 Å². The number of pyridine rings is 1. The molecule has 1 saturated heterocycles. The summed E-state index contributed by atoms with van der Waals surface area (Å²) in [5.41, 5.74) is 3.10. The molecule has 4 rings (SSSR count). The minimum Gasteiger partial charge on any atom is -0.357 e. The van der Waals surface area contributed by atoms with E-state index in [2.05, 4.69) is 25.6 Å². The molecule has 2 amide bonds. The lowest BCUT2D eigenvalue weighted by molar-refractivity contribution is -0.110. The molecule has 3 aromatic rings. The molecule has 3 heterocycles. The van der Waals surface area contributed by atoms with Crippen molar-refractivity contribution in [2.75, 3.05) is 30.8 Å². The summed E-state index contributed by atoms with van der Waals surface area (Å²) >= 11 is 0. The Kier molecular flexibility index (Phi) is 7.29. The number of alkyl halides is 3. The van der Waals surface area contributed by atoms with Crippen molar-refractivity contribution in [3.8, 4) is 11.1 Å². The number of benzene rings is 1. The fraction of sp³-hybridized carbons (Fsp3) is 0.364. The smallest absolute Gasteiger partial charge is 0.357 e. The third-order valence-electron chi connectivity index (χ3n) is 4.92. The van der Waals surface area contributed by atoms with Gasteiger partial charge in [0.2, 0.25) is 5.95 Å². The molecule has 0 aliphatic carbocycles. The number of amides is 2. The summed E-state index contributed by atoms with van der Waals surface area (Å²) in [5, 5.41) is 6.36. The van der Waals surface area contributed by atoms with Crippen LogP contribution in [0.25, 0.3) is 22.2 Å². The van der Waals surface area contributed by atoms with Gasteiger partial charge in [-0.1, -0.05) is 0 Å². The number of fused-ring (bicyclic) bond motifs is 1. The number of rotatable bonds is 3. The molecule has 0 spiro atoms. The molecule has 33 heavy (non-hydrogen) atoms. The summed E-state index contributed by atoms with van der Waals surface area (Å²) in [5.74, 6) is 0.0437. The maximum Gasteiger partial charge on any atom is 0.386 e. The van der Waals surface area contributed by atoms with Gasteiger partial charge >= 0.3 is 12.2 Å². The summed E-state index contributed by atoms with van der Waals surface area (Å²) in [6.07, 6.45) is 1.35. The Balaban J connectivity index is 0.000000555. The van der Waals surface area contributed by atoms with Crippen LogP contribution in [0, 0.1) is 12.7 Å². The summed E-state index contributed by atoms with van der Waals surface area (Å²) in [7, 11) is 1.75. The van der Waals surface area contributed by atoms with Gasteiger partial charge in [0.25, 0.3) is 0 Å². The van der Waals surface area contributed by atoms with Crippen LogP contribution >= 0.6 is 0 Å². The average Bonchev–Trinajstić information content (AvgIpc) is 3.29. The topological polar surface area (TPSA) is 83.0 Å². The second kappa shape index (κ2) is 9.97. The number of nitrogens with one attached hydrogen (secondary N) is 2. The van der Waals surface area contributed by atoms with Crippen molar-refractivity contribution in [2.45, 2.75) is 32.9 Å². The van der Waals surface area contributed by atoms with Gasteiger partial charge in [-0.2, -0.15) is 18.2 Å². The van der Waals surface area contributed by atoms with E-state index in [1.807, 2.05) is 13.0 Å². The van der Waals surface area contributed by atoms with Crippen LogP contribution in [0.4, 0.5) is 34.0 Å². The number of hydrogen-bond donors (Lipinski definition) is 2. The van der Waals surface area contributed by atoms with Crippen molar-refractivity contribution in [2.24, 2.45) is 0 Å². The first kappa shape index (κ1) is 24.1. The van der Waals surface area contributed by atoms with E-state index in [4.69, 9.17) is 0 Å². The Hall–Kier alpha value is -3.50. The molecular formula is C22H24F4N6O. The van der Waals surface area contributed by atoms with Crippen molar-refractivity contribution in [3.63, 3.8) is 0 Å². The standard InChI is InChI=1S/C20H21FN6O.C2H3F3/c1-12-7-16(21)17(25-20(28)27-5-3-4-6-27)9-15(12)13-8-14-11-24-19(22-2)26-18(14)23-10-13;1-2(3,4)5/h7-11H,3-6H2,1-2H3,(H,25,28)(H,22,23,24,26);1H3. The first-order valence-corrected chi connectivity index (χ1v) is 10.3. The van der Waals surface area contributed by atoms with Gasteiger partial charge in [0, 0.05) is 50.4 Å². The Morgan fingerprint density at radius 1 is 1.09 bits per heavy atom. The molecular weight excluding hydrogens is 440 g/mol. The zero-order chi connectivity index (χ0) is 24.2. The van der Waals surface area contributed by atoms with Crippen LogP contribution in [0.3, 0.4) is 0 Å². The summed E-state index contributed by atoms with van der Waals surface area (Å²) in [4.78, 5) is 27.0. The van der Waals surface area contributed by atoms with Gasteiger partial charge in [0.05, 0.1) is 5.69 Å². The zero-order valence-corrected chi connectivity index (χ0v) is 18.4. The van der Waals surface area contributed by atoms with E-state index < -0.39 is 12.0 Å². The van der Waals surface area contributed by atoms with Gasteiger partial charge in [-0.25, -0.2) is 19.2 Å². The highest BCUT2D eigenvalue weighted by Gasteiger charge is 2.20. The fourth-order valence-corrected chi connectivity index (χ4v) is 3.38. The second-order valence-electron chi connectivity index (χ2n) is 7.63. The van der Waals surface area contributed by atoms with Crippen LogP contribution in [0.15, 0.2) is 30.6 Å². The number of anilines is 2. The van der Waals surface area contributed by atoms with E-state index in [0.29, 0.717) is 24.7 Å². The van der Waals surface area contributed by atoms with Crippen molar-refractivity contribution in [1.29, 1.82) is 0 Å². The Morgan fingerprint density at radius 3 is 2.39 bits per heavy atom. The molecule has 176 valence electrons. The minimum absolute atomic E-state index is 0.166. The number of likely N-dealkylation sites (tertiary alicyclic amines) is 1. The number of halogens is 4. The molecule has 1 aliphatic heterocycles. The van der Waals surface area contributed by atoms with Gasteiger partial charge < -0.3 is 15.5 Å². The van der Waals surface area contributed by atoms with E-state index in [1.165, 1.54) is 6.07 Å². The lowest BCUT2D eigenvalue weighted by atomic mass is 10.0. The first-order valence-electron chi connectivity index (χ1n) is 10.3. The summed E-state index contributed by atoms with van der Waals surface area (Å²) < 4.78 is 45.5. The highest BCUT2D eigenvalue weighted by molar-refractivity contribution is 5.91. The molecule has 0 radical (unpaired) electrons. The highest BCUT2D eigenvalue weighted by Crippen LogP contribution is 2.30. The van der Waals surface area contributed by atoms with Gasteiger partial charge in [0.1, 0.15) is 5.82 Å². The van der Waals surface area contributed by atoms with Gasteiger partial charge in [-0.15, -0.1) is 0 Å². The number of aromatic nitrogens is 3. The predicted molar refractivity (Wildman–Crippen MR) is 119 cm³/mol. The first-order chi connectivity index (χ1) is 15.5. The molecule has 1 aromatic carbocycles. The largest absolute Gasteiger partial charge is 0.386 e. The molecule has 1 fully saturated rings. The van der Waals surface area contributed by atoms with E-state index in [1.54, 1.807) is 30.4 Å². The lowest BCUT2D eigenvalue weighted by Gasteiger charge is -2.18. The van der Waals surface area contributed by atoms with Crippen LogP contribution < -0.4 is 10.6 Å². The average molecular weight is 464 g/mol. The summed E-state index contributed by atoms with van der Waals surface area (Å²) in [6, 6.07) is 4.73. The van der Waals surface area contributed by atoms with Crippen molar-refractivity contribution >= 4 is 28.7 Å². The van der Waals surface area contributed by atoms with Gasteiger partial charge in [-0.3, -0.25) is 0 Å². The Morgan fingerprint density at radius 2 is 1.76 bits per heavy atom. The zero-order valence-electron chi connectivity index (χ0n) is 18.4. The number of nitrogens with zero attached hydrogens (tertiary/aromatic N) is 4. The van der Waals surface area contributed by atoms with Crippen molar-refractivity contribution in [3.05, 3.63) is 42.0 Å². The molecule has 0 atom stereocenters. The van der Waals surface area contributed by atoms with Crippen LogP contribution in [0.2, 0.25) is 0 Å². The Bertz CT molecular complexity index is 1140. The van der Waals surface area contributed by atoms with Gasteiger partial charge in [0.15, 0.2) is 5.65 Å². The van der Waals surface area contributed by atoms with E-state index >= 15 is 0 Å². The van der Waals surface area contributed by atoms with Crippen LogP contribution in [0.5, 0.6) is 0 Å². The van der Waals surface area contributed by atoms with Crippen LogP contribution in [-0.4, -0.2) is 52.2 Å². The third kappa shape index (κ3) is 6.50. The van der Waals surface area contributed by atoms with E-state index in [0.717, 1.165) is 34.9 Å². The molecule has 0 bridgehead atoms. The molecule has 2 aromatic heterocycles. The van der Waals surface area contributed by atoms with E-state index in [9.17, 15) is 22.4 Å². The van der Waals surface area contributed by atoms with Crippen LogP contribution in [0.1, 0.15) is 25.3 Å².